The van der Waals surface area contributed by atoms with Gasteiger partial charge in [-0.2, -0.15) is 0 Å². The zero-order valence-corrected chi connectivity index (χ0v) is 9.27. The lowest BCUT2D eigenvalue weighted by molar-refractivity contribution is 0.486. The number of nitrogens with one attached hydrogen (secondary N) is 1. The molecule has 1 saturated carbocycles. The van der Waals surface area contributed by atoms with Crippen LogP contribution in [-0.4, -0.2) is 19.1 Å². The van der Waals surface area contributed by atoms with Crippen LogP contribution in [0, 0.1) is 11.3 Å². The molecule has 0 radical (unpaired) electrons. The minimum absolute atomic E-state index is 0.354. The van der Waals surface area contributed by atoms with Crippen LogP contribution in [0.5, 0.6) is 0 Å². The van der Waals surface area contributed by atoms with Crippen LogP contribution in [0.15, 0.2) is 0 Å². The molecule has 0 spiro atoms. The fourth-order valence-corrected chi connectivity index (χ4v) is 1.84. The Labute approximate surface area is 82.3 Å². The summed E-state index contributed by atoms with van der Waals surface area (Å²) in [5.74, 6) is 0.890. The average Bonchev–Trinajstić information content (AvgIpc) is 2.59. The topological polar surface area (TPSA) is 38.0 Å². The van der Waals surface area contributed by atoms with Gasteiger partial charge >= 0.3 is 0 Å². The lowest BCUT2D eigenvalue weighted by atomic mass is 10.1. The molecule has 0 aliphatic heterocycles. The molecule has 1 rings (SSSR count). The molecule has 0 aromatic heterocycles. The van der Waals surface area contributed by atoms with E-state index in [0.717, 1.165) is 25.4 Å². The molecule has 13 heavy (non-hydrogen) atoms. The number of rotatable bonds is 6. The molecule has 2 heteroatoms. The molecule has 3 N–H and O–H groups in total. The third-order valence-electron chi connectivity index (χ3n) is 3.17. The normalized spacial score (nSPS) is 27.2. The molecule has 0 bridgehead atoms. The second kappa shape index (κ2) is 4.43. The van der Waals surface area contributed by atoms with Gasteiger partial charge in [-0.25, -0.2) is 0 Å². The smallest absolute Gasteiger partial charge is 0.0165 e. The van der Waals surface area contributed by atoms with Gasteiger partial charge in [-0.1, -0.05) is 27.2 Å². The minimum Gasteiger partial charge on any atom is -0.327 e. The number of hydrogen-bond acceptors (Lipinski definition) is 2. The number of nitrogens with two attached hydrogens (primary N) is 1. The van der Waals surface area contributed by atoms with Crippen LogP contribution in [0.2, 0.25) is 0 Å². The lowest BCUT2D eigenvalue weighted by Gasteiger charge is -2.11. The van der Waals surface area contributed by atoms with E-state index in [2.05, 4.69) is 26.1 Å². The summed E-state index contributed by atoms with van der Waals surface area (Å²) < 4.78 is 0. The van der Waals surface area contributed by atoms with Crippen molar-refractivity contribution in [2.75, 3.05) is 13.1 Å². The second-order valence-electron chi connectivity index (χ2n) is 5.10. The Kier molecular flexibility index (Phi) is 3.74. The standard InChI is InChI=1S/C11H24N2/c1-4-5-10(12)8-13-7-9-6-11(9,2)3/h9-10,13H,4-8,12H2,1-3H3. The van der Waals surface area contributed by atoms with E-state index in [4.69, 9.17) is 5.73 Å². The molecule has 0 aromatic rings. The highest BCUT2D eigenvalue weighted by atomic mass is 14.9. The Hall–Kier alpha value is -0.0800. The van der Waals surface area contributed by atoms with Crippen molar-refractivity contribution in [1.82, 2.24) is 5.32 Å². The summed E-state index contributed by atoms with van der Waals surface area (Å²) in [5, 5.41) is 3.46. The van der Waals surface area contributed by atoms with Crippen molar-refractivity contribution >= 4 is 0 Å². The summed E-state index contributed by atoms with van der Waals surface area (Å²) in [6.07, 6.45) is 3.71. The molecule has 2 atom stereocenters. The number of hydrogen-bond donors (Lipinski definition) is 2. The Morgan fingerprint density at radius 3 is 2.62 bits per heavy atom. The maximum atomic E-state index is 5.90. The van der Waals surface area contributed by atoms with Crippen LogP contribution in [0.25, 0.3) is 0 Å². The van der Waals surface area contributed by atoms with Crippen molar-refractivity contribution in [3.8, 4) is 0 Å². The van der Waals surface area contributed by atoms with Gasteiger partial charge in [0.05, 0.1) is 0 Å². The van der Waals surface area contributed by atoms with Crippen molar-refractivity contribution in [3.63, 3.8) is 0 Å². The van der Waals surface area contributed by atoms with Gasteiger partial charge in [0, 0.05) is 12.6 Å². The molecule has 0 saturated heterocycles. The van der Waals surface area contributed by atoms with Gasteiger partial charge in [0.2, 0.25) is 0 Å². The van der Waals surface area contributed by atoms with Gasteiger partial charge in [-0.3, -0.25) is 0 Å². The van der Waals surface area contributed by atoms with E-state index in [1.165, 1.54) is 12.8 Å². The SMILES string of the molecule is CCCC(N)CNCC1CC1(C)C. The van der Waals surface area contributed by atoms with Crippen molar-refractivity contribution < 1.29 is 0 Å². The van der Waals surface area contributed by atoms with Gasteiger partial charge in [-0.05, 0) is 30.7 Å². The molecular weight excluding hydrogens is 160 g/mol. The molecule has 0 heterocycles. The summed E-state index contributed by atoms with van der Waals surface area (Å²) in [5.41, 5.74) is 6.49. The van der Waals surface area contributed by atoms with Crippen LogP contribution in [0.1, 0.15) is 40.0 Å². The van der Waals surface area contributed by atoms with E-state index < -0.39 is 0 Å². The minimum atomic E-state index is 0.354. The van der Waals surface area contributed by atoms with E-state index in [9.17, 15) is 0 Å². The van der Waals surface area contributed by atoms with Crippen molar-refractivity contribution in [2.24, 2.45) is 17.1 Å². The predicted molar refractivity (Wildman–Crippen MR) is 57.6 cm³/mol. The van der Waals surface area contributed by atoms with E-state index in [0.29, 0.717) is 11.5 Å². The molecule has 2 nitrogen and oxygen atoms in total. The average molecular weight is 184 g/mol. The molecule has 2 unspecified atom stereocenters. The van der Waals surface area contributed by atoms with Gasteiger partial charge in [0.15, 0.2) is 0 Å². The first-order chi connectivity index (χ1) is 6.06. The fourth-order valence-electron chi connectivity index (χ4n) is 1.84. The highest BCUT2D eigenvalue weighted by Gasteiger charge is 2.44. The van der Waals surface area contributed by atoms with Crippen LogP contribution < -0.4 is 11.1 Å². The van der Waals surface area contributed by atoms with Crippen molar-refractivity contribution in [3.05, 3.63) is 0 Å². The first-order valence-electron chi connectivity index (χ1n) is 5.52. The molecule has 78 valence electrons. The van der Waals surface area contributed by atoms with Gasteiger partial charge in [-0.15, -0.1) is 0 Å². The highest BCUT2D eigenvalue weighted by molar-refractivity contribution is 4.96. The Morgan fingerprint density at radius 2 is 2.15 bits per heavy atom. The largest absolute Gasteiger partial charge is 0.327 e. The van der Waals surface area contributed by atoms with Crippen LogP contribution >= 0.6 is 0 Å². The second-order valence-corrected chi connectivity index (χ2v) is 5.10. The van der Waals surface area contributed by atoms with Crippen LogP contribution in [0.3, 0.4) is 0 Å². The quantitative estimate of drug-likeness (QED) is 0.660. The molecule has 1 aliphatic carbocycles. The van der Waals surface area contributed by atoms with Gasteiger partial charge in [0.25, 0.3) is 0 Å². The molecular formula is C11H24N2. The Morgan fingerprint density at radius 1 is 1.54 bits per heavy atom. The summed E-state index contributed by atoms with van der Waals surface area (Å²) in [6.45, 7) is 9.01. The van der Waals surface area contributed by atoms with E-state index >= 15 is 0 Å². The summed E-state index contributed by atoms with van der Waals surface area (Å²) in [7, 11) is 0. The van der Waals surface area contributed by atoms with Crippen LogP contribution in [-0.2, 0) is 0 Å². The summed E-state index contributed by atoms with van der Waals surface area (Å²) >= 11 is 0. The first-order valence-corrected chi connectivity index (χ1v) is 5.52. The molecule has 1 fully saturated rings. The van der Waals surface area contributed by atoms with Crippen molar-refractivity contribution in [1.29, 1.82) is 0 Å². The first kappa shape index (κ1) is 11.0. The highest BCUT2D eigenvalue weighted by Crippen LogP contribution is 2.50. The third kappa shape index (κ3) is 3.65. The van der Waals surface area contributed by atoms with E-state index in [1.807, 2.05) is 0 Å². The predicted octanol–water partition coefficient (Wildman–Crippen LogP) is 1.75. The summed E-state index contributed by atoms with van der Waals surface area (Å²) in [6, 6.07) is 0.354. The molecule has 1 aliphatic rings. The Balaban J connectivity index is 1.96. The lowest BCUT2D eigenvalue weighted by Crippen LogP contribution is -2.34. The third-order valence-corrected chi connectivity index (χ3v) is 3.17. The maximum Gasteiger partial charge on any atom is 0.0165 e. The zero-order chi connectivity index (χ0) is 9.90. The van der Waals surface area contributed by atoms with E-state index in [-0.39, 0.29) is 0 Å². The fraction of sp³-hybridized carbons (Fsp3) is 1.00. The Bertz CT molecular complexity index is 154. The molecule has 0 aromatic carbocycles. The van der Waals surface area contributed by atoms with Gasteiger partial charge in [0.1, 0.15) is 0 Å². The van der Waals surface area contributed by atoms with Gasteiger partial charge < -0.3 is 11.1 Å². The molecule has 0 amide bonds. The monoisotopic (exact) mass is 184 g/mol. The van der Waals surface area contributed by atoms with E-state index in [1.54, 1.807) is 0 Å². The van der Waals surface area contributed by atoms with Crippen molar-refractivity contribution in [2.45, 2.75) is 46.1 Å². The maximum absolute atomic E-state index is 5.90. The zero-order valence-electron chi connectivity index (χ0n) is 9.27. The van der Waals surface area contributed by atoms with Crippen LogP contribution in [0.4, 0.5) is 0 Å². The summed E-state index contributed by atoms with van der Waals surface area (Å²) in [4.78, 5) is 0.